The number of guanidine groups is 1. The van der Waals surface area contributed by atoms with Gasteiger partial charge in [-0.05, 0) is 42.3 Å². The summed E-state index contributed by atoms with van der Waals surface area (Å²) in [6, 6.07) is 17.6. The summed E-state index contributed by atoms with van der Waals surface area (Å²) in [5, 5.41) is 7.56. The van der Waals surface area contributed by atoms with Crippen LogP contribution < -0.4 is 16.2 Å². The van der Waals surface area contributed by atoms with E-state index in [1.807, 2.05) is 61.5 Å². The van der Waals surface area contributed by atoms with Gasteiger partial charge < -0.3 is 16.2 Å². The van der Waals surface area contributed by atoms with Crippen LogP contribution in [0, 0.1) is 0 Å². The summed E-state index contributed by atoms with van der Waals surface area (Å²) in [5.74, 6) is 0.745. The maximum Gasteiger partial charge on any atom is 0.211 e. The summed E-state index contributed by atoms with van der Waals surface area (Å²) in [4.78, 5) is 0. The van der Waals surface area contributed by atoms with Crippen LogP contribution in [-0.4, -0.2) is 11.7 Å². The number of ether oxygens (including phenoxy) is 1. The second-order valence-electron chi connectivity index (χ2n) is 4.51. The zero-order valence-electron chi connectivity index (χ0n) is 11.9. The predicted molar refractivity (Wildman–Crippen MR) is 85.2 cm³/mol. The van der Waals surface area contributed by atoms with Gasteiger partial charge in [0.05, 0.1) is 5.71 Å². The number of benzene rings is 2. The third kappa shape index (κ3) is 4.65. The Hall–Kier alpha value is -2.82. The lowest BCUT2D eigenvalue weighted by Crippen LogP contribution is -2.22. The molecule has 0 aromatic heterocycles. The molecule has 4 N–H and O–H groups in total. The summed E-state index contributed by atoms with van der Waals surface area (Å²) in [6.07, 6.45) is 0. The zero-order chi connectivity index (χ0) is 15.1. The molecule has 0 aliphatic heterocycles. The molecule has 0 saturated carbocycles. The minimum Gasteiger partial charge on any atom is -0.489 e. The highest BCUT2D eigenvalue weighted by Crippen LogP contribution is 2.15. The van der Waals surface area contributed by atoms with Gasteiger partial charge in [-0.2, -0.15) is 5.10 Å². The van der Waals surface area contributed by atoms with E-state index in [0.717, 1.165) is 22.6 Å². The molecular formula is C16H18N4O. The monoisotopic (exact) mass is 282 g/mol. The largest absolute Gasteiger partial charge is 0.489 e. The van der Waals surface area contributed by atoms with Crippen molar-refractivity contribution in [1.29, 1.82) is 0 Å². The van der Waals surface area contributed by atoms with Crippen molar-refractivity contribution in [3.63, 3.8) is 0 Å². The van der Waals surface area contributed by atoms with Gasteiger partial charge in [-0.3, -0.25) is 0 Å². The van der Waals surface area contributed by atoms with Gasteiger partial charge in [0, 0.05) is 0 Å². The van der Waals surface area contributed by atoms with Crippen LogP contribution in [0.25, 0.3) is 0 Å². The van der Waals surface area contributed by atoms with Crippen molar-refractivity contribution < 1.29 is 4.74 Å². The molecule has 0 atom stereocenters. The van der Waals surface area contributed by atoms with Gasteiger partial charge in [-0.15, -0.1) is 5.10 Å². The first-order valence-corrected chi connectivity index (χ1v) is 6.55. The lowest BCUT2D eigenvalue weighted by Gasteiger charge is -2.07. The topological polar surface area (TPSA) is 86.0 Å². The maximum atomic E-state index is 5.72. The average molecular weight is 282 g/mol. The van der Waals surface area contributed by atoms with Gasteiger partial charge in [0.1, 0.15) is 12.4 Å². The molecule has 2 rings (SSSR count). The van der Waals surface area contributed by atoms with Crippen LogP contribution in [-0.2, 0) is 6.61 Å². The number of nitrogens with two attached hydrogens (primary N) is 2. The van der Waals surface area contributed by atoms with Crippen molar-refractivity contribution in [2.75, 3.05) is 0 Å². The smallest absolute Gasteiger partial charge is 0.211 e. The molecule has 0 spiro atoms. The van der Waals surface area contributed by atoms with E-state index in [1.165, 1.54) is 0 Å². The summed E-state index contributed by atoms with van der Waals surface area (Å²) in [7, 11) is 0. The van der Waals surface area contributed by atoms with Crippen LogP contribution in [0.5, 0.6) is 5.75 Å². The first-order chi connectivity index (χ1) is 10.1. The van der Waals surface area contributed by atoms with E-state index in [9.17, 15) is 0 Å². The number of rotatable bonds is 5. The number of hydrogen-bond acceptors (Lipinski definition) is 3. The van der Waals surface area contributed by atoms with Gasteiger partial charge in [0.25, 0.3) is 0 Å². The first kappa shape index (κ1) is 14.6. The molecule has 0 aliphatic carbocycles. The van der Waals surface area contributed by atoms with Crippen LogP contribution in [0.15, 0.2) is 64.8 Å². The van der Waals surface area contributed by atoms with E-state index < -0.39 is 0 Å². The highest BCUT2D eigenvalue weighted by molar-refractivity contribution is 5.99. The molecule has 0 fully saturated rings. The molecule has 5 nitrogen and oxygen atoms in total. The minimum atomic E-state index is -0.0582. The van der Waals surface area contributed by atoms with E-state index in [0.29, 0.717) is 6.61 Å². The zero-order valence-corrected chi connectivity index (χ0v) is 11.9. The molecule has 21 heavy (non-hydrogen) atoms. The maximum absolute atomic E-state index is 5.72. The van der Waals surface area contributed by atoms with Crippen molar-refractivity contribution in [1.82, 2.24) is 0 Å². The fraction of sp³-hybridized carbons (Fsp3) is 0.125. The molecule has 0 heterocycles. The fourth-order valence-electron chi connectivity index (χ4n) is 1.72. The van der Waals surface area contributed by atoms with E-state index in [1.54, 1.807) is 0 Å². The lowest BCUT2D eigenvalue weighted by molar-refractivity contribution is 0.306. The van der Waals surface area contributed by atoms with Gasteiger partial charge >= 0.3 is 0 Å². The molecule has 5 heteroatoms. The predicted octanol–water partition coefficient (Wildman–Crippen LogP) is 2.26. The average Bonchev–Trinajstić information content (AvgIpc) is 2.52. The molecule has 0 radical (unpaired) electrons. The highest BCUT2D eigenvalue weighted by Gasteiger charge is 1.99. The SMILES string of the molecule is C/C(=N/N=C(N)N)c1ccc(OCc2ccccc2)cc1. The quantitative estimate of drug-likeness (QED) is 0.501. The van der Waals surface area contributed by atoms with Crippen LogP contribution >= 0.6 is 0 Å². The molecule has 0 saturated heterocycles. The molecule has 2 aromatic carbocycles. The van der Waals surface area contributed by atoms with E-state index >= 15 is 0 Å². The third-order valence-corrected chi connectivity index (χ3v) is 2.84. The van der Waals surface area contributed by atoms with Gasteiger partial charge in [-0.25, -0.2) is 0 Å². The van der Waals surface area contributed by atoms with Crippen molar-refractivity contribution in [3.8, 4) is 5.75 Å². The lowest BCUT2D eigenvalue weighted by atomic mass is 10.1. The molecule has 0 aliphatic rings. The Bertz CT molecular complexity index is 629. The Morgan fingerprint density at radius 3 is 2.24 bits per heavy atom. The Labute approximate surface area is 124 Å². The molecule has 108 valence electrons. The Morgan fingerprint density at radius 2 is 1.62 bits per heavy atom. The summed E-state index contributed by atoms with van der Waals surface area (Å²) < 4.78 is 5.72. The minimum absolute atomic E-state index is 0.0582. The fourth-order valence-corrected chi connectivity index (χ4v) is 1.72. The van der Waals surface area contributed by atoms with Crippen molar-refractivity contribution >= 4 is 11.7 Å². The van der Waals surface area contributed by atoms with E-state index in [2.05, 4.69) is 10.2 Å². The number of hydrogen-bond donors (Lipinski definition) is 2. The number of nitrogens with zero attached hydrogens (tertiary/aromatic N) is 2. The van der Waals surface area contributed by atoms with Crippen LogP contribution in [0.2, 0.25) is 0 Å². The summed E-state index contributed by atoms with van der Waals surface area (Å²) >= 11 is 0. The first-order valence-electron chi connectivity index (χ1n) is 6.55. The Balaban J connectivity index is 1.99. The normalized spacial score (nSPS) is 11.0. The summed E-state index contributed by atoms with van der Waals surface area (Å²) in [5.41, 5.74) is 13.3. The van der Waals surface area contributed by atoms with Crippen molar-refractivity contribution in [2.45, 2.75) is 13.5 Å². The van der Waals surface area contributed by atoms with Gasteiger partial charge in [0.15, 0.2) is 0 Å². The van der Waals surface area contributed by atoms with Crippen molar-refractivity contribution in [3.05, 3.63) is 65.7 Å². The molecule has 0 bridgehead atoms. The van der Waals surface area contributed by atoms with Gasteiger partial charge in [-0.1, -0.05) is 30.3 Å². The molecular weight excluding hydrogens is 264 g/mol. The molecule has 0 amide bonds. The second-order valence-corrected chi connectivity index (χ2v) is 4.51. The van der Waals surface area contributed by atoms with Crippen LogP contribution in [0.1, 0.15) is 18.1 Å². The third-order valence-electron chi connectivity index (χ3n) is 2.84. The second kappa shape index (κ2) is 7.09. The van der Waals surface area contributed by atoms with Crippen molar-refractivity contribution in [2.24, 2.45) is 21.7 Å². The standard InChI is InChI=1S/C16H18N4O/c1-12(19-20-16(17)18)14-7-9-15(10-8-14)21-11-13-5-3-2-4-6-13/h2-10H,11H2,1H3,(H4,17,18,20)/b19-12-. The Kier molecular flexibility index (Phi) is 4.93. The molecule has 0 unspecified atom stereocenters. The van der Waals surface area contributed by atoms with E-state index in [-0.39, 0.29) is 5.96 Å². The van der Waals surface area contributed by atoms with E-state index in [4.69, 9.17) is 16.2 Å². The Morgan fingerprint density at radius 1 is 0.952 bits per heavy atom. The van der Waals surface area contributed by atoms with Gasteiger partial charge in [0.2, 0.25) is 5.96 Å². The highest BCUT2D eigenvalue weighted by atomic mass is 16.5. The molecule has 2 aromatic rings. The van der Waals surface area contributed by atoms with Crippen LogP contribution in [0.4, 0.5) is 0 Å². The van der Waals surface area contributed by atoms with Crippen LogP contribution in [0.3, 0.4) is 0 Å². The summed E-state index contributed by atoms with van der Waals surface area (Å²) in [6.45, 7) is 2.38.